The molecule has 33 heavy (non-hydrogen) atoms. The molecular weight excluding hydrogens is 467 g/mol. The van der Waals surface area contributed by atoms with Crippen LogP contribution in [0.4, 0.5) is 18.9 Å². The van der Waals surface area contributed by atoms with Gasteiger partial charge in [-0.15, -0.1) is 0 Å². The second-order valence-electron chi connectivity index (χ2n) is 7.75. The first-order chi connectivity index (χ1) is 15.8. The Morgan fingerprint density at radius 1 is 1.03 bits per heavy atom. The van der Waals surface area contributed by atoms with Crippen molar-refractivity contribution in [2.45, 2.75) is 51.6 Å². The third-order valence-electron chi connectivity index (χ3n) is 5.17. The lowest BCUT2D eigenvalue weighted by Crippen LogP contribution is -2.27. The number of amides is 1. The second kappa shape index (κ2) is 11.7. The van der Waals surface area contributed by atoms with Crippen molar-refractivity contribution in [3.05, 3.63) is 64.6 Å². The maximum atomic E-state index is 13.0. The molecule has 1 aliphatic heterocycles. The minimum absolute atomic E-state index is 0.106. The molecule has 176 valence electrons. The Labute approximate surface area is 202 Å². The van der Waals surface area contributed by atoms with Gasteiger partial charge in [-0.3, -0.25) is 9.69 Å². The van der Waals surface area contributed by atoms with E-state index in [0.29, 0.717) is 11.5 Å². The van der Waals surface area contributed by atoms with Gasteiger partial charge < -0.3 is 4.74 Å². The van der Waals surface area contributed by atoms with Gasteiger partial charge in [0.05, 0.1) is 22.8 Å². The number of carbonyl (C=O) groups excluding carboxylic acids is 1. The fourth-order valence-corrected chi connectivity index (χ4v) is 4.69. The number of ether oxygens (including phenoxy) is 1. The molecule has 1 heterocycles. The molecule has 3 rings (SSSR count). The number of hydrogen-bond acceptors (Lipinski definition) is 4. The molecule has 1 amide bonds. The largest absolute Gasteiger partial charge is 0.494 e. The van der Waals surface area contributed by atoms with Crippen LogP contribution in [0.25, 0.3) is 6.08 Å². The molecule has 8 heteroatoms. The summed E-state index contributed by atoms with van der Waals surface area (Å²) in [5.41, 5.74) is 0.0650. The van der Waals surface area contributed by atoms with E-state index in [9.17, 15) is 18.0 Å². The Kier molecular flexibility index (Phi) is 8.97. The van der Waals surface area contributed by atoms with Gasteiger partial charge in [0.2, 0.25) is 0 Å². The van der Waals surface area contributed by atoms with Crippen LogP contribution in [0.15, 0.2) is 53.4 Å². The molecule has 0 atom stereocenters. The summed E-state index contributed by atoms with van der Waals surface area (Å²) in [6.45, 7) is 2.87. The van der Waals surface area contributed by atoms with E-state index < -0.39 is 17.6 Å². The Bertz CT molecular complexity index is 1000. The van der Waals surface area contributed by atoms with Crippen LogP contribution in [0.1, 0.15) is 56.6 Å². The number of benzene rings is 2. The van der Waals surface area contributed by atoms with Crippen molar-refractivity contribution < 1.29 is 22.7 Å². The standard InChI is InChI=1S/C25H26F3NO2S2/c1-2-3-4-5-6-7-15-31-21-13-11-18(12-14-21)16-22-23(30)29(24(32)33-22)20-10-8-9-19(17-20)25(26,27)28/h8-14,16-17H,2-7,15H2,1H3. The van der Waals surface area contributed by atoms with Crippen LogP contribution in [-0.4, -0.2) is 16.8 Å². The third kappa shape index (κ3) is 7.08. The van der Waals surface area contributed by atoms with Crippen molar-refractivity contribution in [3.8, 4) is 5.75 Å². The van der Waals surface area contributed by atoms with Gasteiger partial charge in [-0.2, -0.15) is 13.2 Å². The molecule has 2 aromatic carbocycles. The lowest BCUT2D eigenvalue weighted by atomic mass is 10.1. The van der Waals surface area contributed by atoms with Gasteiger partial charge in [-0.25, -0.2) is 0 Å². The van der Waals surface area contributed by atoms with Gasteiger partial charge in [0.25, 0.3) is 5.91 Å². The molecule has 0 saturated carbocycles. The Morgan fingerprint density at radius 3 is 2.42 bits per heavy atom. The van der Waals surface area contributed by atoms with E-state index >= 15 is 0 Å². The number of halogens is 3. The lowest BCUT2D eigenvalue weighted by molar-refractivity contribution is -0.137. The SMILES string of the molecule is CCCCCCCCOc1ccc(C=C2SC(=S)N(c3cccc(C(F)(F)F)c3)C2=O)cc1. The fraction of sp³-hybridized carbons (Fsp3) is 0.360. The first-order valence-electron chi connectivity index (χ1n) is 11.0. The summed E-state index contributed by atoms with van der Waals surface area (Å²) in [5.74, 6) is 0.324. The van der Waals surface area contributed by atoms with Gasteiger partial charge in [0, 0.05) is 0 Å². The highest BCUT2D eigenvalue weighted by Gasteiger charge is 2.36. The maximum Gasteiger partial charge on any atom is 0.416 e. The van der Waals surface area contributed by atoms with Crippen LogP contribution < -0.4 is 9.64 Å². The van der Waals surface area contributed by atoms with Crippen LogP contribution >= 0.6 is 24.0 Å². The zero-order valence-corrected chi connectivity index (χ0v) is 20.0. The number of unbranched alkanes of at least 4 members (excludes halogenated alkanes) is 5. The quantitative estimate of drug-likeness (QED) is 0.191. The molecule has 1 aliphatic rings. The highest BCUT2D eigenvalue weighted by molar-refractivity contribution is 8.27. The van der Waals surface area contributed by atoms with Crippen LogP contribution in [-0.2, 0) is 11.0 Å². The Morgan fingerprint density at radius 2 is 1.73 bits per heavy atom. The molecule has 0 aromatic heterocycles. The fourth-order valence-electron chi connectivity index (χ4n) is 3.40. The number of nitrogens with zero attached hydrogens (tertiary/aromatic N) is 1. The number of rotatable bonds is 10. The van der Waals surface area contributed by atoms with Gasteiger partial charge in [-0.05, 0) is 48.4 Å². The van der Waals surface area contributed by atoms with Crippen molar-refractivity contribution in [1.29, 1.82) is 0 Å². The van der Waals surface area contributed by atoms with Gasteiger partial charge in [0.15, 0.2) is 4.32 Å². The van der Waals surface area contributed by atoms with E-state index in [0.717, 1.165) is 52.9 Å². The Hall–Kier alpha value is -2.32. The first kappa shape index (κ1) is 25.3. The first-order valence-corrected chi connectivity index (χ1v) is 12.2. The highest BCUT2D eigenvalue weighted by Crippen LogP contribution is 2.38. The van der Waals surface area contributed by atoms with E-state index in [1.54, 1.807) is 6.08 Å². The van der Waals surface area contributed by atoms with E-state index in [1.165, 1.54) is 37.8 Å². The topological polar surface area (TPSA) is 29.5 Å². The highest BCUT2D eigenvalue weighted by atomic mass is 32.2. The summed E-state index contributed by atoms with van der Waals surface area (Å²) >= 11 is 6.34. The summed E-state index contributed by atoms with van der Waals surface area (Å²) in [6, 6.07) is 12.0. The normalized spacial score (nSPS) is 15.5. The monoisotopic (exact) mass is 493 g/mol. The molecule has 1 saturated heterocycles. The molecule has 0 aliphatic carbocycles. The minimum atomic E-state index is -4.49. The van der Waals surface area contributed by atoms with Crippen molar-refractivity contribution in [1.82, 2.24) is 0 Å². The van der Waals surface area contributed by atoms with Crippen LogP contribution in [0, 0.1) is 0 Å². The Balaban J connectivity index is 1.60. The molecule has 0 unspecified atom stereocenters. The number of hydrogen-bond donors (Lipinski definition) is 0. The van der Waals surface area contributed by atoms with Crippen molar-refractivity contribution in [2.24, 2.45) is 0 Å². The van der Waals surface area contributed by atoms with E-state index in [2.05, 4.69) is 6.92 Å². The van der Waals surface area contributed by atoms with Crippen LogP contribution in [0.5, 0.6) is 5.75 Å². The molecule has 0 N–H and O–H groups in total. The van der Waals surface area contributed by atoms with Crippen molar-refractivity contribution >= 4 is 46.0 Å². The molecular formula is C25H26F3NO2S2. The predicted octanol–water partition coefficient (Wildman–Crippen LogP) is 7.85. The molecule has 0 bridgehead atoms. The lowest BCUT2D eigenvalue weighted by Gasteiger charge is -2.16. The smallest absolute Gasteiger partial charge is 0.416 e. The van der Waals surface area contributed by atoms with E-state index in [1.807, 2.05) is 24.3 Å². The van der Waals surface area contributed by atoms with Crippen LogP contribution in [0.2, 0.25) is 0 Å². The zero-order valence-electron chi connectivity index (χ0n) is 18.4. The molecule has 1 fully saturated rings. The number of anilines is 1. The van der Waals surface area contributed by atoms with Crippen LogP contribution in [0.3, 0.4) is 0 Å². The van der Waals surface area contributed by atoms with E-state index in [4.69, 9.17) is 17.0 Å². The average Bonchev–Trinajstić information content (AvgIpc) is 3.06. The third-order valence-corrected chi connectivity index (χ3v) is 6.47. The minimum Gasteiger partial charge on any atom is -0.494 e. The number of alkyl halides is 3. The summed E-state index contributed by atoms with van der Waals surface area (Å²) in [7, 11) is 0. The zero-order chi connectivity index (χ0) is 23.8. The van der Waals surface area contributed by atoms with E-state index in [-0.39, 0.29) is 10.0 Å². The summed E-state index contributed by atoms with van der Waals surface area (Å²) in [4.78, 5) is 14.4. The number of carbonyl (C=O) groups is 1. The van der Waals surface area contributed by atoms with Crippen molar-refractivity contribution in [3.63, 3.8) is 0 Å². The van der Waals surface area contributed by atoms with Crippen molar-refractivity contribution in [2.75, 3.05) is 11.5 Å². The molecule has 0 spiro atoms. The second-order valence-corrected chi connectivity index (χ2v) is 9.43. The predicted molar refractivity (Wildman–Crippen MR) is 132 cm³/mol. The summed E-state index contributed by atoms with van der Waals surface area (Å²) < 4.78 is 45.1. The number of thioether (sulfide) groups is 1. The molecule has 3 nitrogen and oxygen atoms in total. The van der Waals surface area contributed by atoms with Gasteiger partial charge in [-0.1, -0.05) is 81.2 Å². The molecule has 0 radical (unpaired) electrons. The van der Waals surface area contributed by atoms with Gasteiger partial charge in [0.1, 0.15) is 5.75 Å². The molecule has 2 aromatic rings. The van der Waals surface area contributed by atoms with Gasteiger partial charge >= 0.3 is 6.18 Å². The summed E-state index contributed by atoms with van der Waals surface area (Å²) in [6.07, 6.45) is 4.38. The average molecular weight is 494 g/mol. The number of thiocarbonyl (C=S) groups is 1. The summed E-state index contributed by atoms with van der Waals surface area (Å²) in [5, 5.41) is 0. The maximum absolute atomic E-state index is 13.0.